The van der Waals surface area contributed by atoms with E-state index in [1.165, 1.54) is 0 Å². The quantitative estimate of drug-likeness (QED) is 0.838. The highest BCUT2D eigenvalue weighted by Gasteiger charge is 2.32. The number of carbonyl (C=O) groups is 1. The monoisotopic (exact) mass is 340 g/mol. The van der Waals surface area contributed by atoms with Gasteiger partial charge in [-0.05, 0) is 43.5 Å². The third-order valence-corrected chi connectivity index (χ3v) is 4.35. The first-order valence-corrected chi connectivity index (χ1v) is 7.54. The molecule has 3 nitrogen and oxygen atoms in total. The van der Waals surface area contributed by atoms with Gasteiger partial charge in [-0.3, -0.25) is 4.79 Å². The number of aryl methyl sites for hydroxylation is 1. The van der Waals surface area contributed by atoms with Gasteiger partial charge in [0.1, 0.15) is 0 Å². The number of hydrogen-bond donors (Lipinski definition) is 1. The van der Waals surface area contributed by atoms with Gasteiger partial charge in [-0.15, -0.1) is 0 Å². The second-order valence-corrected chi connectivity index (χ2v) is 6.29. The maximum atomic E-state index is 12.5. The van der Waals surface area contributed by atoms with Crippen molar-refractivity contribution in [2.75, 3.05) is 6.54 Å². The Hall–Kier alpha value is -0.940. The van der Waals surface area contributed by atoms with Crippen LogP contribution in [-0.2, 0) is 0 Å². The van der Waals surface area contributed by atoms with Crippen LogP contribution in [0.4, 0.5) is 0 Å². The molecule has 0 saturated heterocycles. The number of rotatable bonds is 5. The first-order valence-electron chi connectivity index (χ1n) is 6.34. The topological polar surface area (TPSA) is 46.3 Å². The van der Waals surface area contributed by atoms with Crippen LogP contribution in [0.15, 0.2) is 22.7 Å². The van der Waals surface area contributed by atoms with E-state index in [0.29, 0.717) is 24.0 Å². The molecule has 1 aromatic rings. The lowest BCUT2D eigenvalue weighted by Crippen LogP contribution is -2.35. The fourth-order valence-corrected chi connectivity index (χ4v) is 2.35. The molecule has 1 amide bonds. The van der Waals surface area contributed by atoms with Gasteiger partial charge in [0.2, 0.25) is 0 Å². The molecule has 0 atom stereocenters. The lowest BCUT2D eigenvalue weighted by Gasteiger charge is -2.22. The Kier molecular flexibility index (Phi) is 4.58. The molecule has 102 valence electrons. The summed E-state index contributed by atoms with van der Waals surface area (Å²) in [6.45, 7) is 2.60. The average Bonchev–Trinajstić information content (AvgIpc) is 3.16. The van der Waals surface area contributed by atoms with Crippen LogP contribution in [0.1, 0.15) is 35.2 Å². The number of hydrogen-bond acceptors (Lipinski definition) is 2. The molecule has 1 saturated carbocycles. The van der Waals surface area contributed by atoms with Gasteiger partial charge in [0.25, 0.3) is 5.91 Å². The second-order valence-electron chi connectivity index (χ2n) is 4.91. The van der Waals surface area contributed by atoms with Crippen molar-refractivity contribution < 1.29 is 4.79 Å². The SMILES string of the molecule is Cc1cc(C(=O)N(CCC(N)=S)C2CC2)ccc1Br. The maximum Gasteiger partial charge on any atom is 0.254 e. The van der Waals surface area contributed by atoms with Gasteiger partial charge in [0.15, 0.2) is 0 Å². The zero-order valence-corrected chi connectivity index (χ0v) is 13.3. The van der Waals surface area contributed by atoms with E-state index in [-0.39, 0.29) is 5.91 Å². The molecule has 5 heteroatoms. The summed E-state index contributed by atoms with van der Waals surface area (Å²) in [5, 5.41) is 0. The maximum absolute atomic E-state index is 12.5. The smallest absolute Gasteiger partial charge is 0.254 e. The van der Waals surface area contributed by atoms with E-state index in [4.69, 9.17) is 18.0 Å². The summed E-state index contributed by atoms with van der Waals surface area (Å²) in [5.74, 6) is 0.0781. The molecule has 1 aromatic carbocycles. The molecule has 0 aliphatic heterocycles. The Labute approximate surface area is 127 Å². The van der Waals surface area contributed by atoms with E-state index in [0.717, 1.165) is 28.4 Å². The number of benzene rings is 1. The van der Waals surface area contributed by atoms with E-state index >= 15 is 0 Å². The van der Waals surface area contributed by atoms with Crippen molar-refractivity contribution >= 4 is 39.0 Å². The zero-order valence-electron chi connectivity index (χ0n) is 10.9. The highest BCUT2D eigenvalue weighted by Crippen LogP contribution is 2.29. The van der Waals surface area contributed by atoms with Crippen LogP contribution in [0.3, 0.4) is 0 Å². The molecule has 0 heterocycles. The number of amides is 1. The second kappa shape index (κ2) is 6.01. The van der Waals surface area contributed by atoms with Crippen molar-refractivity contribution in [3.63, 3.8) is 0 Å². The van der Waals surface area contributed by atoms with Crippen LogP contribution in [0.2, 0.25) is 0 Å². The van der Waals surface area contributed by atoms with Crippen molar-refractivity contribution in [1.29, 1.82) is 0 Å². The molecule has 2 rings (SSSR count). The number of halogens is 1. The zero-order chi connectivity index (χ0) is 14.0. The molecule has 0 spiro atoms. The van der Waals surface area contributed by atoms with Crippen LogP contribution in [0, 0.1) is 6.92 Å². The average molecular weight is 341 g/mol. The normalized spacial score (nSPS) is 14.2. The minimum Gasteiger partial charge on any atom is -0.393 e. The van der Waals surface area contributed by atoms with Crippen LogP contribution in [-0.4, -0.2) is 28.4 Å². The van der Waals surface area contributed by atoms with Crippen LogP contribution < -0.4 is 5.73 Å². The standard InChI is InChI=1S/C14H17BrN2OS/c1-9-8-10(2-5-12(9)15)14(18)17(11-3-4-11)7-6-13(16)19/h2,5,8,11H,3-4,6-7H2,1H3,(H2,16,19). The fourth-order valence-electron chi connectivity index (χ4n) is 2.01. The van der Waals surface area contributed by atoms with E-state index < -0.39 is 0 Å². The Bertz CT molecular complexity index is 514. The number of thiocarbonyl (C=S) groups is 1. The van der Waals surface area contributed by atoms with Crippen molar-refractivity contribution in [2.24, 2.45) is 5.73 Å². The van der Waals surface area contributed by atoms with Gasteiger partial charge in [-0.1, -0.05) is 28.1 Å². The Morgan fingerprint density at radius 2 is 2.21 bits per heavy atom. The summed E-state index contributed by atoms with van der Waals surface area (Å²) in [6.07, 6.45) is 2.75. The Morgan fingerprint density at radius 1 is 1.53 bits per heavy atom. The summed E-state index contributed by atoms with van der Waals surface area (Å²) >= 11 is 8.34. The van der Waals surface area contributed by atoms with Gasteiger partial charge < -0.3 is 10.6 Å². The van der Waals surface area contributed by atoms with Crippen LogP contribution in [0.25, 0.3) is 0 Å². The first kappa shape index (κ1) is 14.5. The Morgan fingerprint density at radius 3 is 2.74 bits per heavy atom. The third kappa shape index (κ3) is 3.76. The van der Waals surface area contributed by atoms with Gasteiger partial charge in [0, 0.05) is 29.0 Å². The molecule has 1 aliphatic rings. The molecule has 19 heavy (non-hydrogen) atoms. The lowest BCUT2D eigenvalue weighted by molar-refractivity contribution is 0.0748. The van der Waals surface area contributed by atoms with E-state index in [1.54, 1.807) is 0 Å². The predicted octanol–water partition coefficient (Wildman–Crippen LogP) is 3.04. The van der Waals surface area contributed by atoms with Crippen molar-refractivity contribution in [3.05, 3.63) is 33.8 Å². The summed E-state index contributed by atoms with van der Waals surface area (Å²) in [4.78, 5) is 14.9. The van der Waals surface area contributed by atoms with Crippen molar-refractivity contribution in [3.8, 4) is 0 Å². The molecule has 2 N–H and O–H groups in total. The van der Waals surface area contributed by atoms with Crippen LogP contribution >= 0.6 is 28.1 Å². The Balaban J connectivity index is 2.14. The highest BCUT2D eigenvalue weighted by atomic mass is 79.9. The van der Waals surface area contributed by atoms with Gasteiger partial charge in [0.05, 0.1) is 4.99 Å². The van der Waals surface area contributed by atoms with E-state index in [1.807, 2.05) is 30.0 Å². The van der Waals surface area contributed by atoms with E-state index in [2.05, 4.69) is 15.9 Å². The summed E-state index contributed by atoms with van der Waals surface area (Å²) in [6, 6.07) is 6.06. The number of carbonyl (C=O) groups excluding carboxylic acids is 1. The van der Waals surface area contributed by atoms with Gasteiger partial charge in [-0.25, -0.2) is 0 Å². The minimum atomic E-state index is 0.0781. The molecule has 0 aromatic heterocycles. The molecular weight excluding hydrogens is 324 g/mol. The van der Waals surface area contributed by atoms with Crippen molar-refractivity contribution in [1.82, 2.24) is 4.90 Å². The largest absolute Gasteiger partial charge is 0.393 e. The molecule has 0 bridgehead atoms. The predicted molar refractivity (Wildman–Crippen MR) is 84.3 cm³/mol. The molecule has 1 fully saturated rings. The highest BCUT2D eigenvalue weighted by molar-refractivity contribution is 9.10. The van der Waals surface area contributed by atoms with E-state index in [9.17, 15) is 4.79 Å². The molecule has 0 radical (unpaired) electrons. The minimum absolute atomic E-state index is 0.0781. The van der Waals surface area contributed by atoms with Gasteiger partial charge >= 0.3 is 0 Å². The summed E-state index contributed by atoms with van der Waals surface area (Å²) < 4.78 is 1.02. The van der Waals surface area contributed by atoms with Crippen molar-refractivity contribution in [2.45, 2.75) is 32.2 Å². The van der Waals surface area contributed by atoms with Gasteiger partial charge in [-0.2, -0.15) is 0 Å². The molecular formula is C14H17BrN2OS. The summed E-state index contributed by atoms with van der Waals surface area (Å²) in [5.41, 5.74) is 7.33. The third-order valence-electron chi connectivity index (χ3n) is 3.25. The summed E-state index contributed by atoms with van der Waals surface area (Å²) in [7, 11) is 0. The molecule has 1 aliphatic carbocycles. The fraction of sp³-hybridized carbons (Fsp3) is 0.429. The first-order chi connectivity index (χ1) is 8.99. The lowest BCUT2D eigenvalue weighted by atomic mass is 10.1. The number of nitrogens with two attached hydrogens (primary N) is 1. The molecule has 0 unspecified atom stereocenters. The van der Waals surface area contributed by atoms with Crippen LogP contribution in [0.5, 0.6) is 0 Å². The number of nitrogens with zero attached hydrogens (tertiary/aromatic N) is 1.